The van der Waals surface area contributed by atoms with Crippen LogP contribution in [0.4, 0.5) is 0 Å². The third kappa shape index (κ3) is 9.70. The molecule has 5 heteroatoms. The smallest absolute Gasteiger partial charge is 0.133 e. The van der Waals surface area contributed by atoms with Crippen molar-refractivity contribution >= 4 is 6.29 Å². The molecule has 0 aromatic rings. The van der Waals surface area contributed by atoms with Gasteiger partial charge in [0.05, 0.1) is 6.54 Å². The van der Waals surface area contributed by atoms with Crippen molar-refractivity contribution in [3.63, 3.8) is 0 Å². The first kappa shape index (κ1) is 21.8. The molecule has 0 aliphatic carbocycles. The summed E-state index contributed by atoms with van der Waals surface area (Å²) in [6.07, 6.45) is 4.94. The number of carbonyl (C=O) groups is 1. The molecule has 0 aromatic carbocycles. The molecule has 0 aromatic heterocycles. The predicted molar refractivity (Wildman–Crippen MR) is 107 cm³/mol. The molecule has 0 bridgehead atoms. The molecule has 0 atom stereocenters. The fourth-order valence-electron chi connectivity index (χ4n) is 3.14. The number of carbonyl (C=O) groups excluding carboxylic acids is 1. The van der Waals surface area contributed by atoms with Gasteiger partial charge in [0.25, 0.3) is 0 Å². The van der Waals surface area contributed by atoms with E-state index in [1.165, 1.54) is 5.57 Å². The highest BCUT2D eigenvalue weighted by Gasteiger charge is 2.15. The maximum Gasteiger partial charge on any atom is 0.133 e. The largest absolute Gasteiger partial charge is 0.302 e. The Labute approximate surface area is 154 Å². The number of aldehydes is 1. The summed E-state index contributed by atoms with van der Waals surface area (Å²) in [6, 6.07) is 0. The van der Waals surface area contributed by atoms with Crippen molar-refractivity contribution < 1.29 is 4.79 Å². The molecule has 1 rings (SSSR count). The predicted octanol–water partition coefficient (Wildman–Crippen LogP) is 1.36. The van der Waals surface area contributed by atoms with Crippen LogP contribution in [0, 0.1) is 0 Å². The van der Waals surface area contributed by atoms with Crippen LogP contribution >= 0.6 is 0 Å². The van der Waals surface area contributed by atoms with E-state index < -0.39 is 0 Å². The van der Waals surface area contributed by atoms with Crippen LogP contribution in [-0.4, -0.2) is 104 Å². The molecule has 0 N–H and O–H groups in total. The second kappa shape index (κ2) is 13.0. The van der Waals surface area contributed by atoms with E-state index in [0.29, 0.717) is 6.54 Å². The van der Waals surface area contributed by atoms with Crippen molar-refractivity contribution in [1.82, 2.24) is 19.6 Å². The molecule has 25 heavy (non-hydrogen) atoms. The lowest BCUT2D eigenvalue weighted by Gasteiger charge is -2.33. The summed E-state index contributed by atoms with van der Waals surface area (Å²) in [5.41, 5.74) is 1.20. The van der Waals surface area contributed by atoms with E-state index in [-0.39, 0.29) is 0 Å². The first-order valence-corrected chi connectivity index (χ1v) is 9.28. The molecule has 0 unspecified atom stereocenters. The topological polar surface area (TPSA) is 30.0 Å². The molecule has 0 amide bonds. The Bertz CT molecular complexity index is 398. The zero-order valence-electron chi connectivity index (χ0n) is 16.0. The monoisotopic (exact) mass is 348 g/mol. The van der Waals surface area contributed by atoms with E-state index in [2.05, 4.69) is 46.3 Å². The van der Waals surface area contributed by atoms with Crippen molar-refractivity contribution in [2.24, 2.45) is 0 Å². The summed E-state index contributed by atoms with van der Waals surface area (Å²) in [7, 11) is 0. The van der Waals surface area contributed by atoms with Crippen LogP contribution in [0.25, 0.3) is 0 Å². The Hall–Kier alpha value is -1.27. The Kier molecular flexibility index (Phi) is 11.3. The zero-order chi connectivity index (χ0) is 18.5. The minimum absolute atomic E-state index is 0.506. The van der Waals surface area contributed by atoms with Crippen molar-refractivity contribution in [3.05, 3.63) is 37.5 Å². The summed E-state index contributed by atoms with van der Waals surface area (Å²) in [5.74, 6) is 0. The zero-order valence-corrected chi connectivity index (χ0v) is 16.0. The van der Waals surface area contributed by atoms with E-state index in [4.69, 9.17) is 0 Å². The first-order valence-electron chi connectivity index (χ1n) is 9.28. The lowest BCUT2D eigenvalue weighted by atomic mass is 10.3. The fraction of sp³-hybridized carbons (Fsp3) is 0.650. The lowest BCUT2D eigenvalue weighted by Crippen LogP contribution is -2.46. The molecule has 5 nitrogen and oxygen atoms in total. The highest BCUT2D eigenvalue weighted by atomic mass is 16.1. The minimum Gasteiger partial charge on any atom is -0.302 e. The van der Waals surface area contributed by atoms with E-state index >= 15 is 0 Å². The highest BCUT2D eigenvalue weighted by molar-refractivity contribution is 5.51. The normalized spacial score (nSPS) is 20.4. The van der Waals surface area contributed by atoms with Crippen molar-refractivity contribution in [1.29, 1.82) is 0 Å². The average molecular weight is 349 g/mol. The number of hydrogen-bond donors (Lipinski definition) is 0. The summed E-state index contributed by atoms with van der Waals surface area (Å²) in [5, 5.41) is 0. The van der Waals surface area contributed by atoms with Crippen LogP contribution in [0.15, 0.2) is 37.5 Å². The summed E-state index contributed by atoms with van der Waals surface area (Å²) >= 11 is 0. The molecular formula is C20H36N4O. The number of hydrogen-bond acceptors (Lipinski definition) is 5. The minimum atomic E-state index is 0.506. The third-order valence-corrected chi connectivity index (χ3v) is 4.53. The molecule has 1 aliphatic heterocycles. The van der Waals surface area contributed by atoms with E-state index in [1.54, 1.807) is 0 Å². The summed E-state index contributed by atoms with van der Waals surface area (Å²) in [4.78, 5) is 20.6. The Morgan fingerprint density at radius 3 is 1.44 bits per heavy atom. The van der Waals surface area contributed by atoms with Gasteiger partial charge in [-0.15, -0.1) is 13.2 Å². The van der Waals surface area contributed by atoms with Crippen molar-refractivity contribution in [3.8, 4) is 0 Å². The van der Waals surface area contributed by atoms with Gasteiger partial charge in [-0.05, 0) is 6.92 Å². The molecule has 142 valence electrons. The van der Waals surface area contributed by atoms with Gasteiger partial charge in [-0.2, -0.15) is 0 Å². The number of rotatable bonds is 8. The second-order valence-electron chi connectivity index (χ2n) is 6.88. The molecule has 1 fully saturated rings. The van der Waals surface area contributed by atoms with Gasteiger partial charge in [0.2, 0.25) is 0 Å². The van der Waals surface area contributed by atoms with Gasteiger partial charge >= 0.3 is 0 Å². The van der Waals surface area contributed by atoms with Crippen LogP contribution in [0.3, 0.4) is 0 Å². The molecule has 0 saturated carbocycles. The van der Waals surface area contributed by atoms with Crippen LogP contribution < -0.4 is 0 Å². The summed E-state index contributed by atoms with van der Waals surface area (Å²) in [6.45, 7) is 25.0. The average Bonchev–Trinajstić information content (AvgIpc) is 2.57. The van der Waals surface area contributed by atoms with Gasteiger partial charge in [-0.3, -0.25) is 19.6 Å². The first-order chi connectivity index (χ1) is 12.1. The molecule has 0 radical (unpaired) electrons. The maximum atomic E-state index is 11.0. The lowest BCUT2D eigenvalue weighted by molar-refractivity contribution is -0.109. The Balaban J connectivity index is 2.78. The molecular weight excluding hydrogens is 312 g/mol. The number of nitrogens with zero attached hydrogens (tertiary/aromatic N) is 4. The van der Waals surface area contributed by atoms with Gasteiger partial charge in [0, 0.05) is 72.0 Å². The van der Waals surface area contributed by atoms with Gasteiger partial charge in [0.1, 0.15) is 6.29 Å². The molecule has 1 heterocycles. The van der Waals surface area contributed by atoms with Crippen LogP contribution in [0.1, 0.15) is 6.92 Å². The van der Waals surface area contributed by atoms with Gasteiger partial charge in [0.15, 0.2) is 0 Å². The van der Waals surface area contributed by atoms with E-state index in [9.17, 15) is 4.79 Å². The highest BCUT2D eigenvalue weighted by Crippen LogP contribution is 2.02. The fourth-order valence-corrected chi connectivity index (χ4v) is 3.14. The summed E-state index contributed by atoms with van der Waals surface area (Å²) < 4.78 is 0. The van der Waals surface area contributed by atoms with Crippen molar-refractivity contribution in [2.75, 3.05) is 78.5 Å². The maximum absolute atomic E-state index is 11.0. The van der Waals surface area contributed by atoms with Gasteiger partial charge < -0.3 is 4.79 Å². The second-order valence-corrected chi connectivity index (χ2v) is 6.88. The molecule has 0 spiro atoms. The van der Waals surface area contributed by atoms with Gasteiger partial charge in [-0.25, -0.2) is 0 Å². The van der Waals surface area contributed by atoms with Crippen LogP contribution in [0.5, 0.6) is 0 Å². The quantitative estimate of drug-likeness (QED) is 0.488. The molecule has 1 saturated heterocycles. The van der Waals surface area contributed by atoms with E-state index in [1.807, 2.05) is 12.2 Å². The van der Waals surface area contributed by atoms with Gasteiger partial charge in [-0.1, -0.05) is 24.3 Å². The Morgan fingerprint density at radius 2 is 1.12 bits per heavy atom. The molecule has 1 aliphatic rings. The van der Waals surface area contributed by atoms with Crippen LogP contribution in [-0.2, 0) is 4.79 Å². The standard InChI is InChI=1S/C20H36N4O/c1-5-7-21-9-11-23(17-18-25)12-10-22(8-6-2)14-16-24(15-13-21)19-20(3)4/h5-6,18H,1-3,7-17,19H2,4H3. The van der Waals surface area contributed by atoms with E-state index in [0.717, 1.165) is 78.3 Å². The van der Waals surface area contributed by atoms with Crippen LogP contribution in [0.2, 0.25) is 0 Å². The van der Waals surface area contributed by atoms with Crippen molar-refractivity contribution in [2.45, 2.75) is 6.92 Å². The SMILES string of the molecule is C=CCN1CCN(CC=O)CCN(CC=C)CCN(CC(=C)C)CC1. The third-order valence-electron chi connectivity index (χ3n) is 4.53. The Morgan fingerprint density at radius 1 is 0.760 bits per heavy atom.